The summed E-state index contributed by atoms with van der Waals surface area (Å²) >= 11 is 0. The van der Waals surface area contributed by atoms with Gasteiger partial charge in [0, 0.05) is 38.8 Å². The molecule has 1 N–H and O–H groups in total. The van der Waals surface area contributed by atoms with Crippen LogP contribution in [-0.4, -0.2) is 53.8 Å². The Morgan fingerprint density at radius 2 is 1.83 bits per heavy atom. The second-order valence-electron chi connectivity index (χ2n) is 8.53. The quantitative estimate of drug-likeness (QED) is 0.824. The second kappa shape index (κ2) is 9.47. The van der Waals surface area contributed by atoms with Crippen LogP contribution in [0.1, 0.15) is 47.4 Å². The first kappa shape index (κ1) is 20.7. The predicted molar refractivity (Wildman–Crippen MR) is 115 cm³/mol. The number of nitrogens with zero attached hydrogens (tertiary/aromatic N) is 2. The predicted octanol–water partition coefficient (Wildman–Crippen LogP) is 3.22. The van der Waals surface area contributed by atoms with E-state index in [2.05, 4.69) is 34.5 Å². The highest BCUT2D eigenvalue weighted by atomic mass is 16.3. The highest BCUT2D eigenvalue weighted by Crippen LogP contribution is 2.22. The molecule has 160 valence electrons. The summed E-state index contributed by atoms with van der Waals surface area (Å²) in [5.74, 6) is 0.567. The molecule has 2 aliphatic rings. The lowest BCUT2D eigenvalue weighted by Gasteiger charge is -2.35. The maximum Gasteiger partial charge on any atom is 0.257 e. The molecular formula is C24H31N3O3. The van der Waals surface area contributed by atoms with Crippen molar-refractivity contribution in [3.8, 4) is 0 Å². The van der Waals surface area contributed by atoms with Crippen molar-refractivity contribution in [1.29, 1.82) is 0 Å². The van der Waals surface area contributed by atoms with Crippen molar-refractivity contribution >= 4 is 11.8 Å². The summed E-state index contributed by atoms with van der Waals surface area (Å²) in [6.07, 6.45) is 5.19. The highest BCUT2D eigenvalue weighted by Gasteiger charge is 2.31. The van der Waals surface area contributed by atoms with E-state index in [1.165, 1.54) is 5.56 Å². The molecule has 0 aliphatic carbocycles. The lowest BCUT2D eigenvalue weighted by molar-refractivity contribution is -0.127. The number of hydrogen-bond donors (Lipinski definition) is 1. The molecule has 0 spiro atoms. The van der Waals surface area contributed by atoms with Gasteiger partial charge in [-0.2, -0.15) is 0 Å². The van der Waals surface area contributed by atoms with Gasteiger partial charge in [-0.05, 0) is 44.2 Å². The number of amides is 2. The van der Waals surface area contributed by atoms with Gasteiger partial charge in [0.15, 0.2) is 0 Å². The van der Waals surface area contributed by atoms with Crippen molar-refractivity contribution in [2.45, 2.75) is 45.2 Å². The van der Waals surface area contributed by atoms with Gasteiger partial charge in [0.2, 0.25) is 5.91 Å². The standard InChI is InChI=1S/C24H31N3O3/c1-18-22(11-15-30-18)24(29)27-12-5-8-20(17-27)23(28)25-21-9-13-26(14-10-21)16-19-6-3-2-4-7-19/h2-4,6-7,11,15,20-21H,5,8-10,12-14,16-17H2,1H3,(H,25,28)/t20-/m0/s1. The zero-order valence-electron chi connectivity index (χ0n) is 17.7. The van der Waals surface area contributed by atoms with Crippen molar-refractivity contribution in [2.75, 3.05) is 26.2 Å². The maximum atomic E-state index is 12.9. The number of carbonyl (C=O) groups excluding carboxylic acids is 2. The Bertz CT molecular complexity index is 856. The van der Waals surface area contributed by atoms with E-state index in [4.69, 9.17) is 4.42 Å². The third-order valence-electron chi connectivity index (χ3n) is 6.35. The molecule has 2 amide bonds. The highest BCUT2D eigenvalue weighted by molar-refractivity contribution is 5.95. The van der Waals surface area contributed by atoms with Crippen LogP contribution in [0.4, 0.5) is 0 Å². The minimum atomic E-state index is -0.128. The number of nitrogens with one attached hydrogen (secondary N) is 1. The number of furan rings is 1. The molecule has 6 nitrogen and oxygen atoms in total. The van der Waals surface area contributed by atoms with Gasteiger partial charge in [-0.3, -0.25) is 14.5 Å². The fraction of sp³-hybridized carbons (Fsp3) is 0.500. The number of carbonyl (C=O) groups is 2. The lowest BCUT2D eigenvalue weighted by Crippen LogP contribution is -2.50. The fourth-order valence-electron chi connectivity index (χ4n) is 4.55. The Labute approximate surface area is 178 Å². The van der Waals surface area contributed by atoms with E-state index in [0.717, 1.165) is 45.3 Å². The van der Waals surface area contributed by atoms with Gasteiger partial charge in [0.05, 0.1) is 17.7 Å². The Kier molecular flexibility index (Phi) is 6.53. The number of piperidine rings is 2. The molecule has 1 atom stereocenters. The Morgan fingerprint density at radius 3 is 2.53 bits per heavy atom. The van der Waals surface area contributed by atoms with Gasteiger partial charge in [0.25, 0.3) is 5.91 Å². The van der Waals surface area contributed by atoms with Crippen molar-refractivity contribution < 1.29 is 14.0 Å². The minimum Gasteiger partial charge on any atom is -0.469 e. The summed E-state index contributed by atoms with van der Waals surface area (Å²) in [5.41, 5.74) is 1.93. The van der Waals surface area contributed by atoms with Gasteiger partial charge in [0.1, 0.15) is 5.76 Å². The fourth-order valence-corrected chi connectivity index (χ4v) is 4.55. The summed E-state index contributed by atoms with van der Waals surface area (Å²) in [7, 11) is 0. The van der Waals surface area contributed by atoms with Gasteiger partial charge in [-0.1, -0.05) is 30.3 Å². The first-order valence-corrected chi connectivity index (χ1v) is 11.0. The first-order chi connectivity index (χ1) is 14.6. The third-order valence-corrected chi connectivity index (χ3v) is 6.35. The molecule has 2 aliphatic heterocycles. The van der Waals surface area contributed by atoms with E-state index in [9.17, 15) is 9.59 Å². The summed E-state index contributed by atoms with van der Waals surface area (Å²) in [6.45, 7) is 5.94. The van der Waals surface area contributed by atoms with Crippen LogP contribution in [0.2, 0.25) is 0 Å². The Morgan fingerprint density at radius 1 is 1.07 bits per heavy atom. The van der Waals surface area contributed by atoms with Crippen LogP contribution in [0, 0.1) is 12.8 Å². The Balaban J connectivity index is 1.25. The summed E-state index contributed by atoms with van der Waals surface area (Å²) in [5, 5.41) is 3.26. The molecule has 2 aromatic rings. The van der Waals surface area contributed by atoms with Crippen LogP contribution >= 0.6 is 0 Å². The Hall–Kier alpha value is -2.60. The van der Waals surface area contributed by atoms with Gasteiger partial charge in [-0.25, -0.2) is 0 Å². The SMILES string of the molecule is Cc1occc1C(=O)N1CCC[C@H](C(=O)NC2CCN(Cc3ccccc3)CC2)C1. The van der Waals surface area contributed by atoms with Crippen LogP contribution in [0.25, 0.3) is 0 Å². The molecular weight excluding hydrogens is 378 g/mol. The molecule has 1 aromatic carbocycles. The minimum absolute atomic E-state index is 0.0343. The summed E-state index contributed by atoms with van der Waals surface area (Å²) in [4.78, 5) is 29.9. The van der Waals surface area contributed by atoms with E-state index < -0.39 is 0 Å². The topological polar surface area (TPSA) is 65.8 Å². The van der Waals surface area contributed by atoms with Crippen LogP contribution in [-0.2, 0) is 11.3 Å². The molecule has 0 radical (unpaired) electrons. The molecule has 0 unspecified atom stereocenters. The van der Waals surface area contributed by atoms with E-state index in [1.807, 2.05) is 6.07 Å². The average Bonchev–Trinajstić information content (AvgIpc) is 3.21. The van der Waals surface area contributed by atoms with Crippen LogP contribution in [0.15, 0.2) is 47.1 Å². The number of aryl methyl sites for hydroxylation is 1. The smallest absolute Gasteiger partial charge is 0.257 e. The normalized spacial score (nSPS) is 20.8. The average molecular weight is 410 g/mol. The molecule has 0 bridgehead atoms. The van der Waals surface area contributed by atoms with Crippen LogP contribution in [0.3, 0.4) is 0 Å². The van der Waals surface area contributed by atoms with E-state index in [1.54, 1.807) is 24.2 Å². The number of likely N-dealkylation sites (tertiary alicyclic amines) is 2. The zero-order valence-corrected chi connectivity index (χ0v) is 17.7. The van der Waals surface area contributed by atoms with Crippen molar-refractivity contribution in [3.05, 3.63) is 59.5 Å². The molecule has 0 saturated carbocycles. The van der Waals surface area contributed by atoms with E-state index in [-0.39, 0.29) is 23.8 Å². The van der Waals surface area contributed by atoms with Crippen molar-refractivity contribution in [2.24, 2.45) is 5.92 Å². The number of benzene rings is 1. The second-order valence-corrected chi connectivity index (χ2v) is 8.53. The lowest BCUT2D eigenvalue weighted by atomic mass is 9.95. The molecule has 30 heavy (non-hydrogen) atoms. The van der Waals surface area contributed by atoms with Gasteiger partial charge >= 0.3 is 0 Å². The molecule has 4 rings (SSSR count). The monoisotopic (exact) mass is 409 g/mol. The van der Waals surface area contributed by atoms with E-state index >= 15 is 0 Å². The van der Waals surface area contributed by atoms with Crippen LogP contribution in [0.5, 0.6) is 0 Å². The third kappa shape index (κ3) is 4.93. The van der Waals surface area contributed by atoms with E-state index in [0.29, 0.717) is 24.4 Å². The number of rotatable bonds is 5. The van der Waals surface area contributed by atoms with Gasteiger partial charge < -0.3 is 14.6 Å². The molecule has 2 saturated heterocycles. The summed E-state index contributed by atoms with van der Waals surface area (Å²) < 4.78 is 5.27. The maximum absolute atomic E-state index is 12.9. The number of hydrogen-bond acceptors (Lipinski definition) is 4. The summed E-state index contributed by atoms with van der Waals surface area (Å²) in [6, 6.07) is 12.5. The molecule has 6 heteroatoms. The largest absolute Gasteiger partial charge is 0.469 e. The molecule has 2 fully saturated rings. The van der Waals surface area contributed by atoms with Crippen LogP contribution < -0.4 is 5.32 Å². The molecule has 3 heterocycles. The first-order valence-electron chi connectivity index (χ1n) is 11.0. The molecule has 1 aromatic heterocycles. The van der Waals surface area contributed by atoms with Crippen molar-refractivity contribution in [1.82, 2.24) is 15.1 Å². The zero-order chi connectivity index (χ0) is 20.9. The van der Waals surface area contributed by atoms with Gasteiger partial charge in [-0.15, -0.1) is 0 Å². The van der Waals surface area contributed by atoms with Crippen molar-refractivity contribution in [3.63, 3.8) is 0 Å².